The van der Waals surface area contributed by atoms with Gasteiger partial charge in [0.1, 0.15) is 11.5 Å². The largest absolute Gasteiger partial charge is 0.497 e. The summed E-state index contributed by atoms with van der Waals surface area (Å²) < 4.78 is 20.4. The fraction of sp³-hybridized carbons (Fsp3) is 0.500. The number of rotatable bonds is 8. The minimum Gasteiger partial charge on any atom is -0.497 e. The molecule has 0 aliphatic rings. The fourth-order valence-electron chi connectivity index (χ4n) is 1.55. The lowest BCUT2D eigenvalue weighted by Crippen LogP contribution is -2.04. The third-order valence-electron chi connectivity index (χ3n) is 2.55. The Morgan fingerprint density at radius 1 is 1.00 bits per heavy atom. The highest BCUT2D eigenvalue weighted by Gasteiger charge is 2.10. The number of benzene rings is 1. The summed E-state index contributed by atoms with van der Waals surface area (Å²) in [7, 11) is 4.55. The first-order valence-corrected chi connectivity index (χ1v) is 6.10. The Morgan fingerprint density at radius 3 is 2.32 bits per heavy atom. The molecule has 0 unspecified atom stereocenters. The molecule has 0 saturated carbocycles. The lowest BCUT2D eigenvalue weighted by Gasteiger charge is -2.10. The van der Waals surface area contributed by atoms with E-state index < -0.39 is 5.97 Å². The van der Waals surface area contributed by atoms with Gasteiger partial charge in [-0.3, -0.25) is 0 Å². The summed E-state index contributed by atoms with van der Waals surface area (Å²) >= 11 is 0. The van der Waals surface area contributed by atoms with Crippen LogP contribution in [0.4, 0.5) is 0 Å². The van der Waals surface area contributed by atoms with Gasteiger partial charge in [0.2, 0.25) is 0 Å². The van der Waals surface area contributed by atoms with Gasteiger partial charge in [0.05, 0.1) is 26.4 Å². The molecule has 106 valence electrons. The average Bonchev–Trinajstić information content (AvgIpc) is 2.45. The van der Waals surface area contributed by atoms with E-state index in [1.54, 1.807) is 32.4 Å². The van der Waals surface area contributed by atoms with Gasteiger partial charge in [0.25, 0.3) is 0 Å². The molecule has 0 aliphatic carbocycles. The summed E-state index contributed by atoms with van der Waals surface area (Å²) in [5.41, 5.74) is 0.411. The number of esters is 1. The molecule has 0 amide bonds. The molecule has 19 heavy (non-hydrogen) atoms. The van der Waals surface area contributed by atoms with Crippen molar-refractivity contribution in [3.8, 4) is 11.5 Å². The van der Waals surface area contributed by atoms with Crippen molar-refractivity contribution in [1.82, 2.24) is 0 Å². The van der Waals surface area contributed by atoms with Crippen LogP contribution in [-0.4, -0.2) is 40.5 Å². The number of carbonyl (C=O) groups excluding carboxylic acids is 1. The number of carbonyl (C=O) groups is 1. The Hall–Kier alpha value is -1.75. The Balaban J connectivity index is 2.63. The number of hydrogen-bond acceptors (Lipinski definition) is 5. The summed E-state index contributed by atoms with van der Waals surface area (Å²) in [6.45, 7) is 1.28. The van der Waals surface area contributed by atoms with E-state index in [9.17, 15) is 4.79 Å². The van der Waals surface area contributed by atoms with Gasteiger partial charge in [-0.2, -0.15) is 0 Å². The monoisotopic (exact) mass is 268 g/mol. The fourth-order valence-corrected chi connectivity index (χ4v) is 1.55. The molecule has 0 atom stereocenters. The molecule has 0 saturated heterocycles. The number of unbranched alkanes of at least 4 members (excludes halogenated alkanes) is 1. The van der Waals surface area contributed by atoms with E-state index in [0.29, 0.717) is 23.7 Å². The molecular formula is C14H20O5. The summed E-state index contributed by atoms with van der Waals surface area (Å²) in [5, 5.41) is 0. The van der Waals surface area contributed by atoms with E-state index in [0.717, 1.165) is 19.4 Å². The first kappa shape index (κ1) is 15.3. The Bertz CT molecular complexity index is 403. The van der Waals surface area contributed by atoms with Gasteiger partial charge in [-0.1, -0.05) is 0 Å². The molecule has 1 aromatic carbocycles. The molecule has 0 N–H and O–H groups in total. The maximum absolute atomic E-state index is 11.5. The molecule has 0 heterocycles. The van der Waals surface area contributed by atoms with Crippen molar-refractivity contribution in [3.63, 3.8) is 0 Å². The highest BCUT2D eigenvalue weighted by molar-refractivity contribution is 5.90. The number of hydrogen-bond donors (Lipinski definition) is 0. The van der Waals surface area contributed by atoms with Gasteiger partial charge in [-0.25, -0.2) is 4.79 Å². The van der Waals surface area contributed by atoms with Gasteiger partial charge in [-0.05, 0) is 25.0 Å². The highest BCUT2D eigenvalue weighted by Crippen LogP contribution is 2.23. The van der Waals surface area contributed by atoms with Gasteiger partial charge in [0.15, 0.2) is 0 Å². The lowest BCUT2D eigenvalue weighted by molar-refractivity contribution is 0.0599. The second-order valence-electron chi connectivity index (χ2n) is 3.94. The van der Waals surface area contributed by atoms with Crippen LogP contribution in [0.25, 0.3) is 0 Å². The molecule has 0 bridgehead atoms. The van der Waals surface area contributed by atoms with Crippen LogP contribution in [0.2, 0.25) is 0 Å². The minimum absolute atomic E-state index is 0.411. The Labute approximate surface area is 113 Å². The topological polar surface area (TPSA) is 54.0 Å². The van der Waals surface area contributed by atoms with Crippen LogP contribution in [-0.2, 0) is 9.47 Å². The molecule has 0 fully saturated rings. The lowest BCUT2D eigenvalue weighted by atomic mass is 10.2. The van der Waals surface area contributed by atoms with Crippen LogP contribution < -0.4 is 9.47 Å². The smallest absolute Gasteiger partial charge is 0.338 e. The number of methoxy groups -OCH3 is 3. The summed E-state index contributed by atoms with van der Waals surface area (Å²) in [6, 6.07) is 5.00. The van der Waals surface area contributed by atoms with Gasteiger partial charge < -0.3 is 18.9 Å². The minimum atomic E-state index is -0.414. The van der Waals surface area contributed by atoms with Crippen molar-refractivity contribution >= 4 is 5.97 Å². The van der Waals surface area contributed by atoms with Crippen molar-refractivity contribution in [2.24, 2.45) is 0 Å². The van der Waals surface area contributed by atoms with Crippen molar-refractivity contribution in [1.29, 1.82) is 0 Å². The maximum atomic E-state index is 11.5. The standard InChI is InChI=1S/C14H20O5/c1-16-6-4-5-7-19-13-9-11(14(15)18-3)8-12(10-13)17-2/h8-10H,4-7H2,1-3H3. The molecule has 0 radical (unpaired) electrons. The second kappa shape index (κ2) is 8.37. The van der Waals surface area contributed by atoms with E-state index in [2.05, 4.69) is 4.74 Å². The van der Waals surface area contributed by atoms with Crippen LogP contribution in [0.1, 0.15) is 23.2 Å². The van der Waals surface area contributed by atoms with Gasteiger partial charge in [-0.15, -0.1) is 0 Å². The van der Waals surface area contributed by atoms with Crippen LogP contribution in [0.5, 0.6) is 11.5 Å². The third kappa shape index (κ3) is 5.18. The Kier molecular flexibility index (Phi) is 6.74. The zero-order chi connectivity index (χ0) is 14.1. The van der Waals surface area contributed by atoms with Crippen LogP contribution in [0, 0.1) is 0 Å². The van der Waals surface area contributed by atoms with E-state index in [1.807, 2.05) is 0 Å². The van der Waals surface area contributed by atoms with E-state index >= 15 is 0 Å². The average molecular weight is 268 g/mol. The third-order valence-corrected chi connectivity index (χ3v) is 2.55. The summed E-state index contributed by atoms with van der Waals surface area (Å²) in [4.78, 5) is 11.5. The molecule has 0 aromatic heterocycles. The molecular weight excluding hydrogens is 248 g/mol. The second-order valence-corrected chi connectivity index (χ2v) is 3.94. The van der Waals surface area contributed by atoms with Crippen LogP contribution in [0.3, 0.4) is 0 Å². The quantitative estimate of drug-likeness (QED) is 0.535. The molecule has 0 spiro atoms. The van der Waals surface area contributed by atoms with E-state index in [-0.39, 0.29) is 0 Å². The van der Waals surface area contributed by atoms with E-state index in [1.165, 1.54) is 7.11 Å². The first-order valence-electron chi connectivity index (χ1n) is 6.10. The predicted octanol–water partition coefficient (Wildman–Crippen LogP) is 2.29. The predicted molar refractivity (Wildman–Crippen MR) is 70.9 cm³/mol. The van der Waals surface area contributed by atoms with Crippen molar-refractivity contribution in [2.75, 3.05) is 34.5 Å². The van der Waals surface area contributed by atoms with Crippen molar-refractivity contribution in [3.05, 3.63) is 23.8 Å². The molecule has 1 rings (SSSR count). The van der Waals surface area contributed by atoms with Crippen LogP contribution in [0.15, 0.2) is 18.2 Å². The normalized spacial score (nSPS) is 10.1. The maximum Gasteiger partial charge on any atom is 0.338 e. The zero-order valence-electron chi connectivity index (χ0n) is 11.6. The number of ether oxygens (including phenoxy) is 4. The van der Waals surface area contributed by atoms with Gasteiger partial charge in [0, 0.05) is 19.8 Å². The first-order chi connectivity index (χ1) is 9.21. The summed E-state index contributed by atoms with van der Waals surface area (Å²) in [5.74, 6) is 0.745. The molecule has 1 aromatic rings. The Morgan fingerprint density at radius 2 is 1.68 bits per heavy atom. The molecule has 0 aliphatic heterocycles. The van der Waals surface area contributed by atoms with E-state index in [4.69, 9.17) is 14.2 Å². The SMILES string of the molecule is COCCCCOc1cc(OC)cc(C(=O)OC)c1. The summed E-state index contributed by atoms with van der Waals surface area (Å²) in [6.07, 6.45) is 1.82. The highest BCUT2D eigenvalue weighted by atomic mass is 16.5. The van der Waals surface area contributed by atoms with Crippen LogP contribution >= 0.6 is 0 Å². The zero-order valence-corrected chi connectivity index (χ0v) is 11.6. The molecule has 5 heteroatoms. The van der Waals surface area contributed by atoms with Crippen molar-refractivity contribution < 1.29 is 23.7 Å². The van der Waals surface area contributed by atoms with Gasteiger partial charge >= 0.3 is 5.97 Å². The molecule has 5 nitrogen and oxygen atoms in total. The van der Waals surface area contributed by atoms with Crippen molar-refractivity contribution in [2.45, 2.75) is 12.8 Å².